The Labute approximate surface area is 163 Å². The van der Waals surface area contributed by atoms with E-state index < -0.39 is 0 Å². The molecular weight excluding hydrogens is 371 g/mol. The van der Waals surface area contributed by atoms with Crippen LogP contribution in [0.15, 0.2) is 12.4 Å². The molecule has 0 unspecified atom stereocenters. The molecule has 0 aliphatic heterocycles. The number of allylic oxidation sites excluding steroid dienone is 1. The van der Waals surface area contributed by atoms with E-state index in [4.69, 9.17) is 5.11 Å². The summed E-state index contributed by atoms with van der Waals surface area (Å²) >= 11 is -0.0536. The summed E-state index contributed by atoms with van der Waals surface area (Å²) in [5.41, 5.74) is 1.60. The zero-order valence-corrected chi connectivity index (χ0v) is 16.8. The van der Waals surface area contributed by atoms with Gasteiger partial charge in [0.05, 0.1) is 18.4 Å². The minimum atomic E-state index is -0.0536. The average Bonchev–Trinajstić information content (AvgIpc) is 3.11. The van der Waals surface area contributed by atoms with Gasteiger partial charge in [-0.15, -0.1) is 3.89 Å². The number of likely N-dealkylation sites (N-methyl/N-ethyl adjacent to an activating group) is 1. The summed E-state index contributed by atoms with van der Waals surface area (Å²) in [5, 5.41) is 13.1. The first kappa shape index (κ1) is 21.4. The topological polar surface area (TPSA) is 78.7 Å². The van der Waals surface area contributed by atoms with Gasteiger partial charge in [-0.1, -0.05) is 0 Å². The Morgan fingerprint density at radius 2 is 2.07 bits per heavy atom. The molecule has 0 saturated heterocycles. The lowest BCUT2D eigenvalue weighted by Gasteiger charge is -2.35. The molecule has 0 aromatic carbocycles. The molecule has 1 aliphatic carbocycles. The summed E-state index contributed by atoms with van der Waals surface area (Å²) in [4.78, 5) is 27.2. The lowest BCUT2D eigenvalue weighted by Crippen LogP contribution is -2.39. The number of hydrogen-bond donors (Lipinski definition) is 1. The van der Waals surface area contributed by atoms with Crippen LogP contribution in [0.3, 0.4) is 0 Å². The van der Waals surface area contributed by atoms with E-state index in [1.54, 1.807) is 11.9 Å². The monoisotopic (exact) mass is 398 g/mol. The van der Waals surface area contributed by atoms with Crippen molar-refractivity contribution in [1.82, 2.24) is 19.0 Å². The fraction of sp³-hybridized carbons (Fsp3) is 0.611. The molecule has 7 nitrogen and oxygen atoms in total. The number of carbonyl (C=O) groups is 2. The maximum atomic E-state index is 12.7. The number of aromatic nitrogens is 2. The van der Waals surface area contributed by atoms with Crippen LogP contribution in [0.4, 0.5) is 3.89 Å². The Hall–Kier alpha value is -1.87. The average molecular weight is 399 g/mol. The molecule has 27 heavy (non-hydrogen) atoms. The molecule has 1 amide bonds. The molecule has 0 spiro atoms. The third kappa shape index (κ3) is 5.32. The number of hydrogen-bond acceptors (Lipinski definition) is 6. The molecule has 9 heteroatoms. The van der Waals surface area contributed by atoms with E-state index in [0.29, 0.717) is 30.1 Å². The minimum absolute atomic E-state index is 0.00946. The van der Waals surface area contributed by atoms with Gasteiger partial charge in [0.15, 0.2) is 18.6 Å². The Bertz CT molecular complexity index is 686. The third-order valence-electron chi connectivity index (χ3n) is 5.12. The van der Waals surface area contributed by atoms with E-state index in [2.05, 4.69) is 10.00 Å². The van der Waals surface area contributed by atoms with Crippen LogP contribution in [0.1, 0.15) is 48.7 Å². The second-order valence-electron chi connectivity index (χ2n) is 6.99. The normalized spacial score (nSPS) is 20.4. The highest BCUT2D eigenvalue weighted by Gasteiger charge is 2.29. The van der Waals surface area contributed by atoms with Crippen molar-refractivity contribution >= 4 is 30.1 Å². The van der Waals surface area contributed by atoms with Crippen molar-refractivity contribution in [2.24, 2.45) is 5.92 Å². The number of carbonyl (C=O) groups excluding carboxylic acids is 2. The molecule has 150 valence electrons. The maximum Gasteiger partial charge on any atom is 0.225 e. The first-order chi connectivity index (χ1) is 12.9. The van der Waals surface area contributed by atoms with Gasteiger partial charge in [0.25, 0.3) is 0 Å². The Morgan fingerprint density at radius 3 is 2.63 bits per heavy atom. The van der Waals surface area contributed by atoms with Gasteiger partial charge in [-0.05, 0) is 38.2 Å². The standard InChI is InChI=1S/C18H27FN4O3S/c1-13(17-15(12-25)11-23(20-17)27-19)10-22(3)16-6-4-14(5-7-16)18(26)21(2)8-9-24/h10-12,14,16,24H,4-9H2,1-3H3/b13-10-. The highest BCUT2D eigenvalue weighted by Crippen LogP contribution is 2.29. The summed E-state index contributed by atoms with van der Waals surface area (Å²) in [6.07, 6.45) is 7.35. The van der Waals surface area contributed by atoms with Crippen LogP contribution in [0.2, 0.25) is 0 Å². The second kappa shape index (κ2) is 9.89. The summed E-state index contributed by atoms with van der Waals surface area (Å²) < 4.78 is 13.7. The summed E-state index contributed by atoms with van der Waals surface area (Å²) in [7, 11) is 3.69. The zero-order valence-electron chi connectivity index (χ0n) is 16.0. The number of amides is 1. The summed E-state index contributed by atoms with van der Waals surface area (Å²) in [6, 6.07) is 0.296. The molecule has 1 aliphatic rings. The Morgan fingerprint density at radius 1 is 1.41 bits per heavy atom. The lowest BCUT2D eigenvalue weighted by molar-refractivity contribution is -0.135. The molecule has 1 heterocycles. The molecule has 0 bridgehead atoms. The second-order valence-corrected chi connectivity index (χ2v) is 7.50. The SMILES string of the molecule is C/C(=C/N(C)C1CCC(C(=O)N(C)CCO)CC1)c1nn(SF)cc1C=O. The quantitative estimate of drug-likeness (QED) is 0.678. The smallest absolute Gasteiger partial charge is 0.225 e. The van der Waals surface area contributed by atoms with Crippen LogP contribution >= 0.6 is 12.3 Å². The van der Waals surface area contributed by atoms with Crippen LogP contribution in [-0.4, -0.2) is 69.6 Å². The van der Waals surface area contributed by atoms with Gasteiger partial charge < -0.3 is 14.9 Å². The lowest BCUT2D eigenvalue weighted by atomic mass is 9.84. The summed E-state index contributed by atoms with van der Waals surface area (Å²) in [5.74, 6) is 0.108. The van der Waals surface area contributed by atoms with Crippen molar-refractivity contribution in [3.05, 3.63) is 23.7 Å². The minimum Gasteiger partial charge on any atom is -0.395 e. The number of aldehydes is 1. The van der Waals surface area contributed by atoms with Crippen LogP contribution < -0.4 is 0 Å². The Balaban J connectivity index is 1.98. The van der Waals surface area contributed by atoms with Gasteiger partial charge in [0.2, 0.25) is 5.91 Å². The van der Waals surface area contributed by atoms with Gasteiger partial charge >= 0.3 is 0 Å². The highest BCUT2D eigenvalue weighted by molar-refractivity contribution is 7.92. The van der Waals surface area contributed by atoms with E-state index in [1.807, 2.05) is 20.2 Å². The van der Waals surface area contributed by atoms with Crippen LogP contribution in [-0.2, 0) is 4.79 Å². The van der Waals surface area contributed by atoms with Crippen LogP contribution in [0, 0.1) is 5.92 Å². The van der Waals surface area contributed by atoms with Crippen molar-refractivity contribution in [2.75, 3.05) is 27.2 Å². The highest BCUT2D eigenvalue weighted by atomic mass is 32.2. The van der Waals surface area contributed by atoms with E-state index >= 15 is 0 Å². The largest absolute Gasteiger partial charge is 0.395 e. The van der Waals surface area contributed by atoms with E-state index in [9.17, 15) is 13.5 Å². The predicted octanol–water partition coefficient (Wildman–Crippen LogP) is 2.38. The zero-order chi connectivity index (χ0) is 20.0. The summed E-state index contributed by atoms with van der Waals surface area (Å²) in [6.45, 7) is 2.19. The van der Waals surface area contributed by atoms with Gasteiger partial charge in [-0.3, -0.25) is 9.59 Å². The molecule has 2 rings (SSSR count). The van der Waals surface area contributed by atoms with E-state index in [0.717, 1.165) is 35.3 Å². The Kier molecular flexibility index (Phi) is 7.85. The van der Waals surface area contributed by atoms with Gasteiger partial charge in [-0.25, -0.2) is 0 Å². The van der Waals surface area contributed by atoms with Crippen molar-refractivity contribution in [3.63, 3.8) is 0 Å². The van der Waals surface area contributed by atoms with Gasteiger partial charge in [-0.2, -0.15) is 9.19 Å². The molecule has 1 aromatic rings. The van der Waals surface area contributed by atoms with Crippen LogP contribution in [0.5, 0.6) is 0 Å². The molecule has 0 atom stereocenters. The first-order valence-corrected chi connectivity index (χ1v) is 9.69. The van der Waals surface area contributed by atoms with Crippen molar-refractivity contribution in [3.8, 4) is 0 Å². The third-order valence-corrected chi connectivity index (χ3v) is 5.45. The number of aliphatic hydroxyl groups is 1. The molecule has 1 N–H and O–H groups in total. The number of nitrogens with zero attached hydrogens (tertiary/aromatic N) is 4. The van der Waals surface area contributed by atoms with Crippen LogP contribution in [0.25, 0.3) is 5.57 Å². The predicted molar refractivity (Wildman–Crippen MR) is 104 cm³/mol. The molecule has 0 radical (unpaired) electrons. The first-order valence-electron chi connectivity index (χ1n) is 9.01. The number of aliphatic hydroxyl groups excluding tert-OH is 1. The number of halogens is 1. The van der Waals surface area contributed by atoms with Crippen molar-refractivity contribution in [1.29, 1.82) is 0 Å². The fourth-order valence-electron chi connectivity index (χ4n) is 3.57. The van der Waals surface area contributed by atoms with E-state index in [1.165, 1.54) is 6.20 Å². The van der Waals surface area contributed by atoms with Gasteiger partial charge in [0.1, 0.15) is 5.69 Å². The fourth-order valence-corrected chi connectivity index (χ4v) is 3.83. The molecular formula is C18H27FN4O3S. The van der Waals surface area contributed by atoms with Gasteiger partial charge in [0, 0.05) is 38.8 Å². The van der Waals surface area contributed by atoms with Crippen molar-refractivity contribution < 1.29 is 18.6 Å². The van der Waals surface area contributed by atoms with E-state index in [-0.39, 0.29) is 30.8 Å². The van der Waals surface area contributed by atoms with Crippen molar-refractivity contribution in [2.45, 2.75) is 38.6 Å². The molecule has 1 fully saturated rings. The molecule has 1 saturated carbocycles. The number of rotatable bonds is 8. The maximum absolute atomic E-state index is 12.7. The molecule has 1 aromatic heterocycles.